The molecule has 0 aromatic heterocycles. The lowest BCUT2D eigenvalue weighted by Gasteiger charge is -2.09. The Morgan fingerprint density at radius 2 is 1.84 bits per heavy atom. The van der Waals surface area contributed by atoms with Crippen molar-refractivity contribution in [3.8, 4) is 0 Å². The van der Waals surface area contributed by atoms with E-state index in [1.807, 2.05) is 6.92 Å². The van der Waals surface area contributed by atoms with Crippen LogP contribution >= 0.6 is 10.7 Å². The molecule has 0 unspecified atom stereocenters. The zero-order chi connectivity index (χ0) is 14.7. The Balaban J connectivity index is 2.97. The Hall–Kier alpha value is -0.790. The van der Waals surface area contributed by atoms with E-state index in [1.165, 1.54) is 18.2 Å². The summed E-state index contributed by atoms with van der Waals surface area (Å²) in [6.07, 6.45) is 1.35. The summed E-state index contributed by atoms with van der Waals surface area (Å²) in [4.78, 5) is -0.0225. The lowest BCUT2D eigenvalue weighted by Crippen LogP contribution is -2.16. The minimum atomic E-state index is -3.81. The van der Waals surface area contributed by atoms with Crippen molar-refractivity contribution in [3.63, 3.8) is 0 Å². The van der Waals surface area contributed by atoms with E-state index in [4.69, 9.17) is 10.7 Å². The Morgan fingerprint density at radius 3 is 2.32 bits per heavy atom. The largest absolute Gasteiger partial charge is 0.284 e. The molecule has 5 nitrogen and oxygen atoms in total. The topological polar surface area (TPSA) is 80.3 Å². The summed E-state index contributed by atoms with van der Waals surface area (Å²) in [6, 6.07) is 4.11. The fourth-order valence-electron chi connectivity index (χ4n) is 1.55. The van der Waals surface area contributed by atoms with Gasteiger partial charge in [0.05, 0.1) is 10.6 Å². The van der Waals surface area contributed by atoms with Crippen molar-refractivity contribution in [2.75, 3.05) is 10.5 Å². The second-order valence-electron chi connectivity index (χ2n) is 4.19. The summed E-state index contributed by atoms with van der Waals surface area (Å²) in [5.74, 6) is 0.0398. The normalized spacial score (nSPS) is 12.4. The first-order valence-electron chi connectivity index (χ1n) is 5.71. The number of nitrogens with one attached hydrogen (secondary N) is 1. The van der Waals surface area contributed by atoms with Crippen molar-refractivity contribution in [2.24, 2.45) is 0 Å². The third kappa shape index (κ3) is 5.00. The zero-order valence-corrected chi connectivity index (χ0v) is 13.1. The van der Waals surface area contributed by atoms with Crippen LogP contribution in [0.1, 0.15) is 25.3 Å². The van der Waals surface area contributed by atoms with Gasteiger partial charge in [-0.15, -0.1) is 0 Å². The number of hydrogen-bond acceptors (Lipinski definition) is 4. The number of rotatable bonds is 6. The van der Waals surface area contributed by atoms with Crippen molar-refractivity contribution >= 4 is 35.4 Å². The fourth-order valence-corrected chi connectivity index (χ4v) is 4.00. The first-order chi connectivity index (χ1) is 8.65. The third-order valence-electron chi connectivity index (χ3n) is 2.48. The van der Waals surface area contributed by atoms with E-state index in [0.717, 1.165) is 6.42 Å². The molecule has 19 heavy (non-hydrogen) atoms. The highest BCUT2D eigenvalue weighted by molar-refractivity contribution is 8.13. The zero-order valence-electron chi connectivity index (χ0n) is 10.7. The Kier molecular flexibility index (Phi) is 5.23. The van der Waals surface area contributed by atoms with Crippen LogP contribution in [0.3, 0.4) is 0 Å². The van der Waals surface area contributed by atoms with Crippen LogP contribution in [0.25, 0.3) is 0 Å². The van der Waals surface area contributed by atoms with Gasteiger partial charge in [-0.25, -0.2) is 16.8 Å². The molecule has 0 aliphatic carbocycles. The first kappa shape index (κ1) is 16.3. The third-order valence-corrected chi connectivity index (χ3v) is 5.33. The predicted molar refractivity (Wildman–Crippen MR) is 76.5 cm³/mol. The predicted octanol–water partition coefficient (Wildman–Crippen LogP) is 2.46. The molecule has 1 rings (SSSR count). The molecule has 0 aliphatic rings. The monoisotopic (exact) mass is 325 g/mol. The Morgan fingerprint density at radius 1 is 1.21 bits per heavy atom. The Labute approximate surface area is 118 Å². The van der Waals surface area contributed by atoms with E-state index < -0.39 is 19.1 Å². The summed E-state index contributed by atoms with van der Waals surface area (Å²) < 4.78 is 48.2. The number of halogens is 1. The lowest BCUT2D eigenvalue weighted by molar-refractivity contribution is 0.597. The van der Waals surface area contributed by atoms with E-state index in [0.29, 0.717) is 17.7 Å². The van der Waals surface area contributed by atoms with Crippen molar-refractivity contribution in [3.05, 3.63) is 23.8 Å². The molecule has 0 atom stereocenters. The highest BCUT2D eigenvalue weighted by atomic mass is 35.7. The highest BCUT2D eigenvalue weighted by Crippen LogP contribution is 2.23. The van der Waals surface area contributed by atoms with Crippen molar-refractivity contribution in [1.29, 1.82) is 0 Å². The Bertz CT molecular complexity index is 653. The molecule has 0 saturated heterocycles. The van der Waals surface area contributed by atoms with Gasteiger partial charge in [-0.1, -0.05) is 13.3 Å². The molecule has 0 spiro atoms. The number of sulfonamides is 1. The molecule has 0 radical (unpaired) electrons. The molecular weight excluding hydrogens is 310 g/mol. The van der Waals surface area contributed by atoms with Crippen LogP contribution in [-0.2, 0) is 19.1 Å². The molecule has 0 saturated carbocycles. The van der Waals surface area contributed by atoms with Gasteiger partial charge in [0.2, 0.25) is 10.0 Å². The minimum absolute atomic E-state index is 0.0225. The standard InChI is InChI=1S/C11H16ClNO4S2/c1-3-4-7-18(14,15)13-10-5-6-11(9(2)8-10)19(12,16)17/h5-6,8,13H,3-4,7H2,1-2H3. The van der Waals surface area contributed by atoms with Crippen molar-refractivity contribution < 1.29 is 16.8 Å². The van der Waals surface area contributed by atoms with Gasteiger partial charge in [0.1, 0.15) is 0 Å². The molecule has 0 bridgehead atoms. The summed E-state index contributed by atoms with van der Waals surface area (Å²) in [6.45, 7) is 3.46. The molecule has 8 heteroatoms. The van der Waals surface area contributed by atoms with E-state index in [2.05, 4.69) is 4.72 Å². The lowest BCUT2D eigenvalue weighted by atomic mass is 10.2. The molecule has 0 amide bonds. The van der Waals surface area contributed by atoms with Gasteiger partial charge in [0.15, 0.2) is 0 Å². The summed E-state index contributed by atoms with van der Waals surface area (Å²) in [5.41, 5.74) is 0.725. The second-order valence-corrected chi connectivity index (χ2v) is 8.57. The average molecular weight is 326 g/mol. The number of hydrogen-bond donors (Lipinski definition) is 1. The quantitative estimate of drug-likeness (QED) is 0.815. The number of aryl methyl sites for hydroxylation is 1. The minimum Gasteiger partial charge on any atom is -0.284 e. The fraction of sp³-hybridized carbons (Fsp3) is 0.455. The van der Waals surface area contributed by atoms with Gasteiger partial charge >= 0.3 is 0 Å². The van der Waals surface area contributed by atoms with Crippen LogP contribution in [0.5, 0.6) is 0 Å². The molecule has 1 aromatic rings. The van der Waals surface area contributed by atoms with E-state index in [-0.39, 0.29) is 10.6 Å². The van der Waals surface area contributed by atoms with Crippen LogP contribution in [0, 0.1) is 6.92 Å². The van der Waals surface area contributed by atoms with E-state index in [1.54, 1.807) is 6.92 Å². The molecule has 0 heterocycles. The molecule has 1 N–H and O–H groups in total. The number of benzene rings is 1. The van der Waals surface area contributed by atoms with Crippen LogP contribution in [0.2, 0.25) is 0 Å². The van der Waals surface area contributed by atoms with Crippen LogP contribution in [0.15, 0.2) is 23.1 Å². The molecule has 108 valence electrons. The second kappa shape index (κ2) is 6.11. The average Bonchev–Trinajstić information content (AvgIpc) is 2.24. The molecule has 1 aromatic carbocycles. The summed E-state index contributed by atoms with van der Waals surface area (Å²) in [5, 5.41) is 0. The number of unbranched alkanes of at least 4 members (excludes halogenated alkanes) is 1. The van der Waals surface area contributed by atoms with Gasteiger partial charge < -0.3 is 0 Å². The van der Waals surface area contributed by atoms with Gasteiger partial charge in [0.25, 0.3) is 9.05 Å². The SMILES string of the molecule is CCCCS(=O)(=O)Nc1ccc(S(=O)(=O)Cl)c(C)c1. The van der Waals surface area contributed by atoms with Gasteiger partial charge in [-0.05, 0) is 37.1 Å². The number of anilines is 1. The first-order valence-corrected chi connectivity index (χ1v) is 9.67. The summed E-state index contributed by atoms with van der Waals surface area (Å²) >= 11 is 0. The van der Waals surface area contributed by atoms with Crippen molar-refractivity contribution in [2.45, 2.75) is 31.6 Å². The molecule has 0 fully saturated rings. The van der Waals surface area contributed by atoms with E-state index >= 15 is 0 Å². The van der Waals surface area contributed by atoms with Crippen LogP contribution in [-0.4, -0.2) is 22.6 Å². The maximum Gasteiger partial charge on any atom is 0.261 e. The van der Waals surface area contributed by atoms with E-state index in [9.17, 15) is 16.8 Å². The molecule has 0 aliphatic heterocycles. The maximum absolute atomic E-state index is 11.7. The van der Waals surface area contributed by atoms with Gasteiger partial charge in [-0.2, -0.15) is 0 Å². The van der Waals surface area contributed by atoms with Crippen molar-refractivity contribution in [1.82, 2.24) is 0 Å². The van der Waals surface area contributed by atoms with Gasteiger partial charge in [0, 0.05) is 16.4 Å². The highest BCUT2D eigenvalue weighted by Gasteiger charge is 2.15. The molecular formula is C11H16ClNO4S2. The smallest absolute Gasteiger partial charge is 0.261 e. The maximum atomic E-state index is 11.7. The summed E-state index contributed by atoms with van der Waals surface area (Å²) in [7, 11) is -1.96. The van der Waals surface area contributed by atoms with Gasteiger partial charge in [-0.3, -0.25) is 4.72 Å². The van der Waals surface area contributed by atoms with Crippen LogP contribution < -0.4 is 4.72 Å². The van der Waals surface area contributed by atoms with Crippen LogP contribution in [0.4, 0.5) is 5.69 Å².